The quantitative estimate of drug-likeness (QED) is 0.614. The number of benzene rings is 1. The lowest BCUT2D eigenvalue weighted by molar-refractivity contribution is 0.301. The van der Waals surface area contributed by atoms with Gasteiger partial charge in [-0.25, -0.2) is 0 Å². The number of hydrogen-bond acceptors (Lipinski definition) is 7. The van der Waals surface area contributed by atoms with Gasteiger partial charge < -0.3 is 20.3 Å². The Balaban J connectivity index is 1.77. The molecule has 3 rings (SSSR count). The van der Waals surface area contributed by atoms with E-state index in [2.05, 4.69) is 37.5 Å². The smallest absolute Gasteiger partial charge is 0.250 e. The van der Waals surface area contributed by atoms with Gasteiger partial charge in [0.05, 0.1) is 12.8 Å². The van der Waals surface area contributed by atoms with E-state index >= 15 is 0 Å². The minimum absolute atomic E-state index is 0.0467. The summed E-state index contributed by atoms with van der Waals surface area (Å²) in [6, 6.07) is 7.99. The summed E-state index contributed by atoms with van der Waals surface area (Å²) in [5, 5.41) is 6.33. The first-order chi connectivity index (χ1) is 13.4. The maximum atomic E-state index is 6.01. The van der Waals surface area contributed by atoms with Gasteiger partial charge in [0.1, 0.15) is 5.75 Å². The van der Waals surface area contributed by atoms with Gasteiger partial charge in [0.25, 0.3) is 0 Å². The number of anilines is 3. The third kappa shape index (κ3) is 5.50. The summed E-state index contributed by atoms with van der Waals surface area (Å²) in [7, 11) is 3.74. The SMILES string of the molecule is COc1ccccc1Nc1nc(NCCC2CCCN2C)nc(C(Cl)(Cl)Cl)n1. The van der Waals surface area contributed by atoms with Gasteiger partial charge in [-0.05, 0) is 45.0 Å². The molecule has 152 valence electrons. The highest BCUT2D eigenvalue weighted by molar-refractivity contribution is 6.66. The highest BCUT2D eigenvalue weighted by atomic mass is 35.6. The molecule has 0 radical (unpaired) electrons. The number of aromatic nitrogens is 3. The zero-order valence-corrected chi connectivity index (χ0v) is 18.0. The fraction of sp³-hybridized carbons (Fsp3) is 0.500. The second-order valence-electron chi connectivity index (χ2n) is 6.62. The number of likely N-dealkylation sites (tertiary alicyclic amines) is 1. The number of methoxy groups -OCH3 is 1. The number of nitrogens with zero attached hydrogens (tertiary/aromatic N) is 4. The van der Waals surface area contributed by atoms with Crippen molar-refractivity contribution in [3.63, 3.8) is 0 Å². The molecule has 0 bridgehead atoms. The highest BCUT2D eigenvalue weighted by Gasteiger charge is 2.28. The Hall–Kier alpha value is -1.54. The van der Waals surface area contributed by atoms with Crippen molar-refractivity contribution in [2.75, 3.05) is 37.9 Å². The Bertz CT molecular complexity index is 801. The van der Waals surface area contributed by atoms with Crippen molar-refractivity contribution >= 4 is 52.4 Å². The van der Waals surface area contributed by atoms with Crippen molar-refractivity contribution in [2.45, 2.75) is 29.1 Å². The van der Waals surface area contributed by atoms with Gasteiger partial charge >= 0.3 is 0 Å². The summed E-state index contributed by atoms with van der Waals surface area (Å²) >= 11 is 18.0. The largest absolute Gasteiger partial charge is 0.495 e. The lowest BCUT2D eigenvalue weighted by atomic mass is 10.1. The van der Waals surface area contributed by atoms with Gasteiger partial charge in [0, 0.05) is 12.6 Å². The molecule has 2 N–H and O–H groups in total. The molecule has 0 spiro atoms. The van der Waals surface area contributed by atoms with E-state index < -0.39 is 3.79 Å². The van der Waals surface area contributed by atoms with Crippen LogP contribution in [0.25, 0.3) is 0 Å². The van der Waals surface area contributed by atoms with Gasteiger partial charge in [-0.2, -0.15) is 15.0 Å². The molecular weight excluding hydrogens is 423 g/mol. The summed E-state index contributed by atoms with van der Waals surface area (Å²) in [5.74, 6) is 1.32. The van der Waals surface area contributed by atoms with Crippen molar-refractivity contribution in [2.24, 2.45) is 0 Å². The van der Waals surface area contributed by atoms with E-state index in [4.69, 9.17) is 39.5 Å². The number of para-hydroxylation sites is 2. The first kappa shape index (κ1) is 21.2. The average Bonchev–Trinajstić information content (AvgIpc) is 3.06. The van der Waals surface area contributed by atoms with Crippen LogP contribution < -0.4 is 15.4 Å². The number of alkyl halides is 3. The van der Waals surface area contributed by atoms with Gasteiger partial charge in [-0.15, -0.1) is 0 Å². The van der Waals surface area contributed by atoms with Crippen molar-refractivity contribution in [3.05, 3.63) is 30.1 Å². The summed E-state index contributed by atoms with van der Waals surface area (Å²) in [6.45, 7) is 1.85. The molecule has 2 aromatic rings. The van der Waals surface area contributed by atoms with E-state index in [1.165, 1.54) is 12.8 Å². The molecule has 1 atom stereocenters. The Morgan fingerprint density at radius 2 is 1.93 bits per heavy atom. The second kappa shape index (κ2) is 9.31. The monoisotopic (exact) mass is 444 g/mol. The lowest BCUT2D eigenvalue weighted by Crippen LogP contribution is -2.27. The minimum Gasteiger partial charge on any atom is -0.495 e. The van der Waals surface area contributed by atoms with Gasteiger partial charge in [0.15, 0.2) is 5.82 Å². The number of ether oxygens (including phenoxy) is 1. The molecular formula is C18H23Cl3N6O. The molecule has 10 heteroatoms. The number of hydrogen-bond donors (Lipinski definition) is 2. The number of nitrogens with one attached hydrogen (secondary N) is 2. The van der Waals surface area contributed by atoms with Gasteiger partial charge in [-0.1, -0.05) is 46.9 Å². The first-order valence-corrected chi connectivity index (χ1v) is 10.2. The van der Waals surface area contributed by atoms with Crippen LogP contribution in [-0.2, 0) is 3.79 Å². The Labute approximate surface area is 179 Å². The summed E-state index contributed by atoms with van der Waals surface area (Å²) in [6.07, 6.45) is 3.42. The van der Waals surface area contributed by atoms with E-state index in [0.717, 1.165) is 13.0 Å². The predicted octanol–water partition coefficient (Wildman–Crippen LogP) is 4.35. The Kier molecular flexibility index (Phi) is 7.04. The molecule has 1 saturated heterocycles. The summed E-state index contributed by atoms with van der Waals surface area (Å²) in [5.41, 5.74) is 0.699. The van der Waals surface area contributed by atoms with Crippen molar-refractivity contribution in [3.8, 4) is 5.75 Å². The molecule has 1 unspecified atom stereocenters. The van der Waals surface area contributed by atoms with E-state index in [9.17, 15) is 0 Å². The van der Waals surface area contributed by atoms with Crippen molar-refractivity contribution < 1.29 is 4.74 Å². The summed E-state index contributed by atoms with van der Waals surface area (Å²) < 4.78 is 3.58. The third-order valence-electron chi connectivity index (χ3n) is 4.67. The van der Waals surface area contributed by atoms with Crippen LogP contribution >= 0.6 is 34.8 Å². The van der Waals surface area contributed by atoms with E-state index in [1.807, 2.05) is 24.3 Å². The van der Waals surface area contributed by atoms with Crippen molar-refractivity contribution in [1.29, 1.82) is 0 Å². The molecule has 28 heavy (non-hydrogen) atoms. The average molecular weight is 446 g/mol. The van der Waals surface area contributed by atoms with Crippen LogP contribution in [0.5, 0.6) is 5.75 Å². The van der Waals surface area contributed by atoms with Crippen LogP contribution in [0.3, 0.4) is 0 Å². The van der Waals surface area contributed by atoms with E-state index in [1.54, 1.807) is 7.11 Å². The van der Waals surface area contributed by atoms with Crippen LogP contribution in [0.1, 0.15) is 25.1 Å². The standard InChI is InChI=1S/C18H23Cl3N6O/c1-27-11-5-6-12(27)9-10-22-16-24-15(18(19,20)21)25-17(26-16)23-13-7-3-4-8-14(13)28-2/h3-4,7-8,12H,5-6,9-11H2,1-2H3,(H2,22,23,24,25,26). The van der Waals surface area contributed by atoms with Crippen LogP contribution in [0.2, 0.25) is 0 Å². The topological polar surface area (TPSA) is 75.2 Å². The molecule has 7 nitrogen and oxygen atoms in total. The normalized spacial score (nSPS) is 17.5. The van der Waals surface area contributed by atoms with Gasteiger partial charge in [0.2, 0.25) is 15.7 Å². The van der Waals surface area contributed by atoms with Crippen LogP contribution in [0.4, 0.5) is 17.6 Å². The van der Waals surface area contributed by atoms with Crippen molar-refractivity contribution in [1.82, 2.24) is 19.9 Å². The second-order valence-corrected chi connectivity index (χ2v) is 8.90. The summed E-state index contributed by atoms with van der Waals surface area (Å²) in [4.78, 5) is 15.3. The molecule has 0 amide bonds. The van der Waals surface area contributed by atoms with Gasteiger partial charge in [-0.3, -0.25) is 0 Å². The molecule has 0 aliphatic carbocycles. The Morgan fingerprint density at radius 3 is 2.61 bits per heavy atom. The maximum Gasteiger partial charge on any atom is 0.250 e. The van der Waals surface area contributed by atoms with E-state index in [-0.39, 0.29) is 11.8 Å². The molecule has 0 saturated carbocycles. The number of halogens is 3. The van der Waals surface area contributed by atoms with Crippen LogP contribution in [0, 0.1) is 0 Å². The highest BCUT2D eigenvalue weighted by Crippen LogP contribution is 2.37. The molecule has 1 aliphatic rings. The molecule has 1 aromatic carbocycles. The molecule has 1 aromatic heterocycles. The predicted molar refractivity (Wildman–Crippen MR) is 114 cm³/mol. The fourth-order valence-corrected chi connectivity index (χ4v) is 3.45. The van der Waals surface area contributed by atoms with E-state index in [0.29, 0.717) is 30.0 Å². The molecule has 1 fully saturated rings. The molecule has 1 aliphatic heterocycles. The fourth-order valence-electron chi connectivity index (χ4n) is 3.20. The zero-order chi connectivity index (χ0) is 20.1. The maximum absolute atomic E-state index is 6.01. The molecule has 2 heterocycles. The Morgan fingerprint density at radius 1 is 1.18 bits per heavy atom. The van der Waals surface area contributed by atoms with Crippen LogP contribution in [-0.4, -0.2) is 53.1 Å². The zero-order valence-electron chi connectivity index (χ0n) is 15.8. The third-order valence-corrected chi connectivity index (χ3v) is 5.18. The van der Waals surface area contributed by atoms with Crippen LogP contribution in [0.15, 0.2) is 24.3 Å². The lowest BCUT2D eigenvalue weighted by Gasteiger charge is -2.19. The first-order valence-electron chi connectivity index (χ1n) is 9.04. The number of rotatable bonds is 7. The minimum atomic E-state index is -1.76.